The van der Waals surface area contributed by atoms with Crippen molar-refractivity contribution in [1.29, 1.82) is 0 Å². The van der Waals surface area contributed by atoms with Crippen molar-refractivity contribution in [3.8, 4) is 16.9 Å². The maximum Gasteiger partial charge on any atom is 0.274 e. The molecule has 0 spiro atoms. The number of ether oxygens (including phenoxy) is 1. The predicted molar refractivity (Wildman–Crippen MR) is 111 cm³/mol. The number of carbonyl (C=O) groups excluding carboxylic acids is 1. The highest BCUT2D eigenvalue weighted by Gasteiger charge is 2.31. The Bertz CT molecular complexity index is 1060. The van der Waals surface area contributed by atoms with Crippen LogP contribution in [0.4, 0.5) is 0 Å². The highest BCUT2D eigenvalue weighted by molar-refractivity contribution is 7.98. The van der Waals surface area contributed by atoms with Gasteiger partial charge in [-0.1, -0.05) is 30.3 Å². The molecule has 5 rings (SSSR count). The zero-order chi connectivity index (χ0) is 19.8. The minimum Gasteiger partial charge on any atom is -0.392 e. The Morgan fingerprint density at radius 1 is 1.10 bits per heavy atom. The molecular formula is C22H21N3O3S. The third-order valence-electron chi connectivity index (χ3n) is 5.36. The Labute approximate surface area is 173 Å². The smallest absolute Gasteiger partial charge is 0.274 e. The standard InChI is InChI=1S/C22H21N3O3S/c26-13-15-5-7-16(8-6-15)25-21-17-3-1-2-4-19(17)29-14-18(21)20(23-25)22(27)24-9-11-28-12-10-24/h1-8,26H,9-14H2. The van der Waals surface area contributed by atoms with Crippen LogP contribution in [0.1, 0.15) is 21.6 Å². The van der Waals surface area contributed by atoms with Gasteiger partial charge in [0.15, 0.2) is 5.69 Å². The quantitative estimate of drug-likeness (QED) is 0.723. The lowest BCUT2D eigenvalue weighted by molar-refractivity contribution is 0.0298. The van der Waals surface area contributed by atoms with Gasteiger partial charge in [0.05, 0.1) is 31.2 Å². The van der Waals surface area contributed by atoms with E-state index in [4.69, 9.17) is 9.84 Å². The van der Waals surface area contributed by atoms with E-state index in [9.17, 15) is 9.90 Å². The van der Waals surface area contributed by atoms with E-state index in [0.29, 0.717) is 37.8 Å². The number of morpholine rings is 1. The van der Waals surface area contributed by atoms with Crippen molar-refractivity contribution in [2.24, 2.45) is 0 Å². The van der Waals surface area contributed by atoms with Crippen LogP contribution in [0.25, 0.3) is 16.9 Å². The van der Waals surface area contributed by atoms with Crippen LogP contribution < -0.4 is 0 Å². The van der Waals surface area contributed by atoms with Crippen molar-refractivity contribution < 1.29 is 14.6 Å². The largest absolute Gasteiger partial charge is 0.392 e. The number of thioether (sulfide) groups is 1. The van der Waals surface area contributed by atoms with E-state index >= 15 is 0 Å². The molecule has 1 amide bonds. The van der Waals surface area contributed by atoms with Gasteiger partial charge in [-0.3, -0.25) is 4.79 Å². The second kappa shape index (κ2) is 7.67. The van der Waals surface area contributed by atoms with Gasteiger partial charge in [-0.25, -0.2) is 4.68 Å². The molecule has 0 saturated carbocycles. The highest BCUT2D eigenvalue weighted by Crippen LogP contribution is 2.43. The van der Waals surface area contributed by atoms with E-state index in [1.54, 1.807) is 11.8 Å². The minimum absolute atomic E-state index is 0.00225. The van der Waals surface area contributed by atoms with Crippen LogP contribution in [0.2, 0.25) is 0 Å². The minimum atomic E-state index is -0.0322. The van der Waals surface area contributed by atoms with Crippen LogP contribution in [0.5, 0.6) is 0 Å². The van der Waals surface area contributed by atoms with Crippen molar-refractivity contribution in [1.82, 2.24) is 14.7 Å². The summed E-state index contributed by atoms with van der Waals surface area (Å²) in [4.78, 5) is 16.3. The number of fused-ring (bicyclic) bond motifs is 3. The first-order valence-corrected chi connectivity index (χ1v) is 10.7. The molecule has 1 saturated heterocycles. The number of aliphatic hydroxyl groups excluding tert-OH is 1. The summed E-state index contributed by atoms with van der Waals surface area (Å²) in [6.45, 7) is 2.31. The summed E-state index contributed by atoms with van der Waals surface area (Å²) in [6.07, 6.45) is 0. The van der Waals surface area contributed by atoms with Gasteiger partial charge < -0.3 is 14.7 Å². The summed E-state index contributed by atoms with van der Waals surface area (Å²) in [5.74, 6) is 0.683. The molecule has 0 aliphatic carbocycles. The number of amides is 1. The number of aliphatic hydroxyl groups is 1. The Hall–Kier alpha value is -2.61. The first kappa shape index (κ1) is 18.4. The number of rotatable bonds is 3. The van der Waals surface area contributed by atoms with E-state index in [-0.39, 0.29) is 12.5 Å². The first-order valence-electron chi connectivity index (χ1n) is 9.67. The fraction of sp³-hybridized carbons (Fsp3) is 0.273. The molecule has 0 atom stereocenters. The van der Waals surface area contributed by atoms with Crippen LogP contribution in [0.3, 0.4) is 0 Å². The van der Waals surface area contributed by atoms with Crippen LogP contribution >= 0.6 is 11.8 Å². The Morgan fingerprint density at radius 3 is 2.62 bits per heavy atom. The number of nitrogens with zero attached hydrogens (tertiary/aromatic N) is 3. The van der Waals surface area contributed by atoms with Gasteiger partial charge in [-0.15, -0.1) is 11.8 Å². The number of hydrogen-bond acceptors (Lipinski definition) is 5. The molecule has 0 bridgehead atoms. The van der Waals surface area contributed by atoms with E-state index in [1.165, 1.54) is 4.90 Å². The zero-order valence-corrected chi connectivity index (χ0v) is 16.7. The highest BCUT2D eigenvalue weighted by atomic mass is 32.2. The molecule has 1 fully saturated rings. The van der Waals surface area contributed by atoms with Crippen LogP contribution in [0.15, 0.2) is 53.4 Å². The van der Waals surface area contributed by atoms with Gasteiger partial charge in [0.25, 0.3) is 5.91 Å². The van der Waals surface area contributed by atoms with E-state index in [0.717, 1.165) is 28.1 Å². The number of carbonyl (C=O) groups is 1. The van der Waals surface area contributed by atoms with Crippen LogP contribution in [-0.4, -0.2) is 52.0 Å². The first-order chi connectivity index (χ1) is 14.3. The Kier molecular flexibility index (Phi) is 4.87. The molecule has 7 heteroatoms. The molecule has 2 aliphatic heterocycles. The van der Waals surface area contributed by atoms with Gasteiger partial charge >= 0.3 is 0 Å². The second-order valence-corrected chi connectivity index (χ2v) is 8.12. The van der Waals surface area contributed by atoms with Crippen molar-refractivity contribution >= 4 is 17.7 Å². The lowest BCUT2D eigenvalue weighted by atomic mass is 10.0. The third-order valence-corrected chi connectivity index (χ3v) is 6.46. The summed E-state index contributed by atoms with van der Waals surface area (Å²) >= 11 is 1.74. The van der Waals surface area contributed by atoms with Crippen molar-refractivity contribution in [3.05, 3.63) is 65.4 Å². The monoisotopic (exact) mass is 407 g/mol. The van der Waals surface area contributed by atoms with Crippen LogP contribution in [0, 0.1) is 0 Å². The van der Waals surface area contributed by atoms with E-state index in [2.05, 4.69) is 12.1 Å². The molecule has 2 aliphatic rings. The van der Waals surface area contributed by atoms with Gasteiger partial charge in [0.1, 0.15) is 0 Å². The van der Waals surface area contributed by atoms with E-state index in [1.807, 2.05) is 46.0 Å². The van der Waals surface area contributed by atoms with Crippen molar-refractivity contribution in [3.63, 3.8) is 0 Å². The Balaban J connectivity index is 1.66. The number of benzene rings is 2. The lowest BCUT2D eigenvalue weighted by Gasteiger charge is -2.26. The third kappa shape index (κ3) is 3.25. The summed E-state index contributed by atoms with van der Waals surface area (Å²) in [7, 11) is 0. The summed E-state index contributed by atoms with van der Waals surface area (Å²) in [5.41, 5.74) is 5.30. The molecule has 148 valence electrons. The molecule has 0 radical (unpaired) electrons. The lowest BCUT2D eigenvalue weighted by Crippen LogP contribution is -2.41. The normalized spacial score (nSPS) is 15.7. The molecule has 1 aromatic heterocycles. The zero-order valence-electron chi connectivity index (χ0n) is 15.9. The fourth-order valence-electron chi connectivity index (χ4n) is 3.82. The van der Waals surface area contributed by atoms with Crippen molar-refractivity contribution in [2.45, 2.75) is 17.3 Å². The van der Waals surface area contributed by atoms with Gasteiger partial charge in [0, 0.05) is 34.9 Å². The molecular weight excluding hydrogens is 386 g/mol. The van der Waals surface area contributed by atoms with Gasteiger partial charge in [-0.2, -0.15) is 5.10 Å². The summed E-state index contributed by atoms with van der Waals surface area (Å²) in [6, 6.07) is 15.9. The number of hydrogen-bond donors (Lipinski definition) is 1. The van der Waals surface area contributed by atoms with Gasteiger partial charge in [-0.05, 0) is 23.8 Å². The maximum absolute atomic E-state index is 13.3. The van der Waals surface area contributed by atoms with E-state index < -0.39 is 0 Å². The van der Waals surface area contributed by atoms with Crippen molar-refractivity contribution in [2.75, 3.05) is 26.3 Å². The predicted octanol–water partition coefficient (Wildman–Crippen LogP) is 3.11. The molecule has 1 N–H and O–H groups in total. The molecule has 6 nitrogen and oxygen atoms in total. The molecule has 2 aromatic carbocycles. The summed E-state index contributed by atoms with van der Waals surface area (Å²) in [5, 5.41) is 14.2. The fourth-order valence-corrected chi connectivity index (χ4v) is 4.89. The summed E-state index contributed by atoms with van der Waals surface area (Å²) < 4.78 is 7.27. The molecule has 0 unspecified atom stereocenters. The van der Waals surface area contributed by atoms with Crippen LogP contribution in [-0.2, 0) is 17.1 Å². The molecule has 3 heterocycles. The SMILES string of the molecule is O=C(c1nn(-c2ccc(CO)cc2)c2c1CSc1ccccc1-2)N1CCOCC1. The Morgan fingerprint density at radius 2 is 1.86 bits per heavy atom. The topological polar surface area (TPSA) is 67.6 Å². The molecule has 3 aromatic rings. The average molecular weight is 407 g/mol. The second-order valence-electron chi connectivity index (χ2n) is 7.10. The van der Waals surface area contributed by atoms with Gasteiger partial charge in [0.2, 0.25) is 0 Å². The number of aromatic nitrogens is 2. The molecule has 29 heavy (non-hydrogen) atoms. The average Bonchev–Trinajstić information content (AvgIpc) is 3.19. The maximum atomic E-state index is 13.3.